The number of hydrogen-bond acceptors (Lipinski definition) is 4. The van der Waals surface area contributed by atoms with Gasteiger partial charge < -0.3 is 19.9 Å². The van der Waals surface area contributed by atoms with E-state index in [-0.39, 0.29) is 0 Å². The van der Waals surface area contributed by atoms with E-state index in [4.69, 9.17) is 15.3 Å². The van der Waals surface area contributed by atoms with Crippen molar-refractivity contribution in [2.75, 3.05) is 13.2 Å². The van der Waals surface area contributed by atoms with Gasteiger partial charge in [-0.05, 0) is 38.1 Å². The van der Waals surface area contributed by atoms with Gasteiger partial charge in [0.25, 0.3) is 0 Å². The van der Waals surface area contributed by atoms with Crippen LogP contribution in [0.15, 0.2) is 41.8 Å². The highest BCUT2D eigenvalue weighted by atomic mass is 16.5. The molecule has 106 valence electrons. The number of benzene rings is 1. The number of rotatable bonds is 6. The molecule has 0 amide bonds. The van der Waals surface area contributed by atoms with Gasteiger partial charge in [0.1, 0.15) is 17.2 Å². The Labute approximate surface area is 118 Å². The lowest BCUT2D eigenvalue weighted by Crippen LogP contribution is -2.05. The number of ether oxygens (including phenoxy) is 2. The van der Waals surface area contributed by atoms with E-state index in [1.165, 1.54) is 0 Å². The first kappa shape index (κ1) is 14.0. The van der Waals surface area contributed by atoms with Crippen molar-refractivity contribution in [3.63, 3.8) is 0 Å². The highest BCUT2D eigenvalue weighted by Gasteiger charge is 2.14. The molecule has 2 rings (SSSR count). The molecule has 0 aliphatic carbocycles. The zero-order valence-corrected chi connectivity index (χ0v) is 11.7. The van der Waals surface area contributed by atoms with E-state index in [1.54, 1.807) is 6.21 Å². The van der Waals surface area contributed by atoms with Gasteiger partial charge in [0.15, 0.2) is 0 Å². The molecule has 0 saturated carbocycles. The van der Waals surface area contributed by atoms with Gasteiger partial charge in [-0.2, -0.15) is 5.10 Å². The van der Waals surface area contributed by atoms with Crippen molar-refractivity contribution < 1.29 is 9.47 Å². The minimum absolute atomic E-state index is 0.572. The van der Waals surface area contributed by atoms with Crippen molar-refractivity contribution in [1.29, 1.82) is 0 Å². The van der Waals surface area contributed by atoms with Crippen LogP contribution in [-0.2, 0) is 0 Å². The molecular formula is C15H19N3O2. The summed E-state index contributed by atoms with van der Waals surface area (Å²) in [6.07, 6.45) is 5.48. The molecule has 2 aromatic rings. The Morgan fingerprint density at radius 1 is 1.10 bits per heavy atom. The van der Waals surface area contributed by atoms with Crippen LogP contribution in [-0.4, -0.2) is 24.0 Å². The zero-order chi connectivity index (χ0) is 14.4. The highest BCUT2D eigenvalue weighted by Crippen LogP contribution is 2.34. The van der Waals surface area contributed by atoms with Gasteiger partial charge in [-0.25, -0.2) is 0 Å². The van der Waals surface area contributed by atoms with Crippen LogP contribution >= 0.6 is 0 Å². The van der Waals surface area contributed by atoms with Crippen LogP contribution in [0.25, 0.3) is 5.69 Å². The standard InChI is InChI=1S/C15H19N3O2/c1-3-19-13-9-12(11-17-16)10-14(20-4-2)15(13)18-7-5-6-8-18/h5-11H,3-4,16H2,1-2H3. The molecule has 0 atom stereocenters. The molecule has 0 saturated heterocycles. The molecule has 2 N–H and O–H groups in total. The van der Waals surface area contributed by atoms with E-state index in [1.807, 2.05) is 55.1 Å². The summed E-state index contributed by atoms with van der Waals surface area (Å²) in [5.41, 5.74) is 1.73. The summed E-state index contributed by atoms with van der Waals surface area (Å²) in [5, 5.41) is 3.56. The molecule has 1 aromatic heterocycles. The predicted octanol–water partition coefficient (Wildman–Crippen LogP) is 2.57. The molecule has 0 fully saturated rings. The van der Waals surface area contributed by atoms with Crippen LogP contribution in [0.2, 0.25) is 0 Å². The molecule has 0 radical (unpaired) electrons. The Hall–Kier alpha value is -2.43. The molecule has 1 aromatic carbocycles. The molecule has 5 heteroatoms. The van der Waals surface area contributed by atoms with Crippen molar-refractivity contribution in [3.05, 3.63) is 42.2 Å². The monoisotopic (exact) mass is 273 g/mol. The van der Waals surface area contributed by atoms with Crippen molar-refractivity contribution in [3.8, 4) is 17.2 Å². The van der Waals surface area contributed by atoms with Crippen LogP contribution in [0.1, 0.15) is 19.4 Å². The number of nitrogens with two attached hydrogens (primary N) is 1. The molecular weight excluding hydrogens is 254 g/mol. The van der Waals surface area contributed by atoms with Gasteiger partial charge >= 0.3 is 0 Å². The normalized spacial score (nSPS) is 10.9. The number of hydrogen-bond donors (Lipinski definition) is 1. The fourth-order valence-corrected chi connectivity index (χ4v) is 2.03. The average Bonchev–Trinajstić information content (AvgIpc) is 2.93. The fraction of sp³-hybridized carbons (Fsp3) is 0.267. The second-order valence-electron chi connectivity index (χ2n) is 4.10. The summed E-state index contributed by atoms with van der Waals surface area (Å²) in [5.74, 6) is 6.70. The first-order valence-electron chi connectivity index (χ1n) is 6.60. The fourth-order valence-electron chi connectivity index (χ4n) is 2.03. The molecule has 0 bridgehead atoms. The van der Waals surface area contributed by atoms with Crippen molar-refractivity contribution in [2.45, 2.75) is 13.8 Å². The largest absolute Gasteiger partial charge is 0.492 e. The Morgan fingerprint density at radius 3 is 2.10 bits per heavy atom. The first-order valence-corrected chi connectivity index (χ1v) is 6.60. The van der Waals surface area contributed by atoms with E-state index in [0.717, 1.165) is 22.7 Å². The van der Waals surface area contributed by atoms with Gasteiger partial charge in [0.05, 0.1) is 19.4 Å². The maximum atomic E-state index is 5.73. The van der Waals surface area contributed by atoms with Crippen molar-refractivity contribution in [1.82, 2.24) is 4.57 Å². The van der Waals surface area contributed by atoms with Crippen LogP contribution < -0.4 is 15.3 Å². The van der Waals surface area contributed by atoms with Crippen LogP contribution in [0.4, 0.5) is 0 Å². The Kier molecular flexibility index (Phi) is 4.65. The second-order valence-corrected chi connectivity index (χ2v) is 4.10. The Morgan fingerprint density at radius 2 is 1.65 bits per heavy atom. The molecule has 0 spiro atoms. The minimum atomic E-state index is 0.572. The van der Waals surface area contributed by atoms with Gasteiger partial charge in [-0.1, -0.05) is 0 Å². The molecule has 1 heterocycles. The van der Waals surface area contributed by atoms with Gasteiger partial charge in [0.2, 0.25) is 0 Å². The van der Waals surface area contributed by atoms with Crippen LogP contribution in [0.3, 0.4) is 0 Å². The smallest absolute Gasteiger partial charge is 0.147 e. The molecule has 0 aliphatic rings. The van der Waals surface area contributed by atoms with E-state index >= 15 is 0 Å². The van der Waals surface area contributed by atoms with E-state index in [9.17, 15) is 0 Å². The lowest BCUT2D eigenvalue weighted by atomic mass is 10.1. The maximum Gasteiger partial charge on any atom is 0.147 e. The molecule has 0 unspecified atom stereocenters. The lowest BCUT2D eigenvalue weighted by molar-refractivity contribution is 0.321. The van der Waals surface area contributed by atoms with Crippen molar-refractivity contribution >= 4 is 6.21 Å². The SMILES string of the molecule is CCOc1cc(C=NN)cc(OCC)c1-n1cccc1. The summed E-state index contributed by atoms with van der Waals surface area (Å²) >= 11 is 0. The van der Waals surface area contributed by atoms with E-state index in [0.29, 0.717) is 13.2 Å². The number of aromatic nitrogens is 1. The third-order valence-corrected chi connectivity index (χ3v) is 2.75. The maximum absolute atomic E-state index is 5.73. The molecule has 0 aliphatic heterocycles. The van der Waals surface area contributed by atoms with Gasteiger partial charge in [0, 0.05) is 18.0 Å². The van der Waals surface area contributed by atoms with Crippen molar-refractivity contribution in [2.24, 2.45) is 10.9 Å². The Balaban J connectivity index is 2.60. The summed E-state index contributed by atoms with van der Waals surface area (Å²) in [6, 6.07) is 7.72. The predicted molar refractivity (Wildman–Crippen MR) is 79.9 cm³/mol. The lowest BCUT2D eigenvalue weighted by Gasteiger charge is -2.17. The zero-order valence-electron chi connectivity index (χ0n) is 11.7. The van der Waals surface area contributed by atoms with E-state index < -0.39 is 0 Å². The summed E-state index contributed by atoms with van der Waals surface area (Å²) < 4.78 is 13.4. The van der Waals surface area contributed by atoms with Crippen LogP contribution in [0, 0.1) is 0 Å². The summed E-state index contributed by atoms with van der Waals surface area (Å²) in [7, 11) is 0. The van der Waals surface area contributed by atoms with E-state index in [2.05, 4.69) is 5.10 Å². The number of nitrogens with zero attached hydrogens (tertiary/aromatic N) is 2. The summed E-state index contributed by atoms with van der Waals surface area (Å²) in [4.78, 5) is 0. The third-order valence-electron chi connectivity index (χ3n) is 2.75. The highest BCUT2D eigenvalue weighted by molar-refractivity contribution is 5.82. The third kappa shape index (κ3) is 2.93. The minimum Gasteiger partial charge on any atom is -0.492 e. The summed E-state index contributed by atoms with van der Waals surface area (Å²) in [6.45, 7) is 5.04. The van der Waals surface area contributed by atoms with Gasteiger partial charge in [-0.15, -0.1) is 0 Å². The van der Waals surface area contributed by atoms with Crippen LogP contribution in [0.5, 0.6) is 11.5 Å². The average molecular weight is 273 g/mol. The van der Waals surface area contributed by atoms with Gasteiger partial charge in [-0.3, -0.25) is 0 Å². The Bertz CT molecular complexity index is 550. The number of hydrazone groups is 1. The molecule has 5 nitrogen and oxygen atoms in total. The quantitative estimate of drug-likeness (QED) is 0.500. The molecule has 20 heavy (non-hydrogen) atoms. The first-order chi connectivity index (χ1) is 9.80. The topological polar surface area (TPSA) is 61.8 Å². The second kappa shape index (κ2) is 6.65.